The number of nitrogens with one attached hydrogen (secondary N) is 1. The number of amides is 1. The number of carbonyl (C=O) groups is 1. The van der Waals surface area contributed by atoms with Gasteiger partial charge < -0.3 is 5.32 Å². The van der Waals surface area contributed by atoms with Gasteiger partial charge in [0.1, 0.15) is 0 Å². The predicted octanol–water partition coefficient (Wildman–Crippen LogP) is 1.65. The second-order valence-corrected chi connectivity index (χ2v) is 8.50. The molecule has 1 aliphatic rings. The molecule has 2 heterocycles. The molecular weight excluding hydrogens is 326 g/mol. The number of sulfone groups is 1. The maximum Gasteiger partial charge on any atom is 0.255 e. The first-order chi connectivity index (χ1) is 11.4. The van der Waals surface area contributed by atoms with Crippen molar-refractivity contribution in [2.45, 2.75) is 20.3 Å². The molecule has 6 nitrogen and oxygen atoms in total. The van der Waals surface area contributed by atoms with Crippen molar-refractivity contribution in [2.75, 3.05) is 18.1 Å². The van der Waals surface area contributed by atoms with Crippen molar-refractivity contribution in [2.24, 2.45) is 5.92 Å². The van der Waals surface area contributed by atoms with Crippen LogP contribution < -0.4 is 5.32 Å². The first kappa shape index (κ1) is 16.7. The topological polar surface area (TPSA) is 81.1 Å². The van der Waals surface area contributed by atoms with Crippen molar-refractivity contribution in [1.82, 2.24) is 15.1 Å². The average Bonchev–Trinajstić information content (AvgIpc) is 3.05. The summed E-state index contributed by atoms with van der Waals surface area (Å²) in [6.07, 6.45) is 0.615. The number of para-hydroxylation sites is 1. The zero-order chi connectivity index (χ0) is 17.3. The number of hydrogen-bond donors (Lipinski definition) is 1. The van der Waals surface area contributed by atoms with Gasteiger partial charge in [0.2, 0.25) is 0 Å². The molecule has 0 spiro atoms. The molecule has 2 aromatic rings. The highest BCUT2D eigenvalue weighted by molar-refractivity contribution is 7.91. The van der Waals surface area contributed by atoms with E-state index in [1.165, 1.54) is 0 Å². The van der Waals surface area contributed by atoms with Gasteiger partial charge in [0.15, 0.2) is 9.84 Å². The van der Waals surface area contributed by atoms with Crippen molar-refractivity contribution in [3.05, 3.63) is 47.3 Å². The number of nitrogens with zero attached hydrogens (tertiary/aromatic N) is 2. The lowest BCUT2D eigenvalue weighted by Crippen LogP contribution is -2.30. The van der Waals surface area contributed by atoms with Gasteiger partial charge >= 0.3 is 0 Å². The van der Waals surface area contributed by atoms with Gasteiger partial charge in [-0.1, -0.05) is 18.2 Å². The van der Waals surface area contributed by atoms with E-state index in [2.05, 4.69) is 10.4 Å². The largest absolute Gasteiger partial charge is 0.352 e. The minimum absolute atomic E-state index is 0.00345. The van der Waals surface area contributed by atoms with Crippen LogP contribution in [-0.2, 0) is 9.84 Å². The van der Waals surface area contributed by atoms with Crippen LogP contribution in [0.15, 0.2) is 30.3 Å². The van der Waals surface area contributed by atoms with Crippen LogP contribution >= 0.6 is 0 Å². The van der Waals surface area contributed by atoms with Crippen LogP contribution in [0.1, 0.15) is 28.2 Å². The summed E-state index contributed by atoms with van der Waals surface area (Å²) in [5.41, 5.74) is 2.89. The molecule has 128 valence electrons. The van der Waals surface area contributed by atoms with Crippen LogP contribution in [0.5, 0.6) is 0 Å². The molecule has 1 N–H and O–H groups in total. The second kappa shape index (κ2) is 6.39. The quantitative estimate of drug-likeness (QED) is 0.912. The highest BCUT2D eigenvalue weighted by Crippen LogP contribution is 2.20. The SMILES string of the molecule is Cc1nn(-c2ccccc2)c(C)c1C(=O)NC[C@H]1CCS(=O)(=O)C1. The molecule has 3 rings (SSSR count). The van der Waals surface area contributed by atoms with Crippen molar-refractivity contribution in [1.29, 1.82) is 0 Å². The average molecular weight is 347 g/mol. The van der Waals surface area contributed by atoms with E-state index in [9.17, 15) is 13.2 Å². The molecule has 24 heavy (non-hydrogen) atoms. The number of benzene rings is 1. The summed E-state index contributed by atoms with van der Waals surface area (Å²) in [6, 6.07) is 9.64. The molecule has 0 unspecified atom stereocenters. The van der Waals surface area contributed by atoms with E-state index in [4.69, 9.17) is 0 Å². The molecule has 1 amide bonds. The number of carbonyl (C=O) groups excluding carboxylic acids is 1. The first-order valence-corrected chi connectivity index (χ1v) is 9.80. The fourth-order valence-corrected chi connectivity index (χ4v) is 5.01. The third-order valence-electron chi connectivity index (χ3n) is 4.40. The Hall–Kier alpha value is -2.15. The van der Waals surface area contributed by atoms with Crippen LogP contribution in [0, 0.1) is 19.8 Å². The highest BCUT2D eigenvalue weighted by atomic mass is 32.2. The van der Waals surface area contributed by atoms with E-state index in [0.717, 1.165) is 11.4 Å². The molecule has 1 aliphatic heterocycles. The van der Waals surface area contributed by atoms with Crippen LogP contribution in [0.25, 0.3) is 5.69 Å². The van der Waals surface area contributed by atoms with Gasteiger partial charge in [-0.05, 0) is 38.3 Å². The van der Waals surface area contributed by atoms with E-state index in [-0.39, 0.29) is 23.3 Å². The minimum Gasteiger partial charge on any atom is -0.352 e. The molecular formula is C17H21N3O3S. The minimum atomic E-state index is -2.92. The van der Waals surface area contributed by atoms with E-state index >= 15 is 0 Å². The van der Waals surface area contributed by atoms with Crippen LogP contribution in [-0.4, -0.2) is 42.2 Å². The van der Waals surface area contributed by atoms with E-state index in [1.54, 1.807) is 11.6 Å². The first-order valence-electron chi connectivity index (χ1n) is 7.97. The zero-order valence-electron chi connectivity index (χ0n) is 13.8. The Morgan fingerprint density at radius 3 is 2.62 bits per heavy atom. The molecule has 1 fully saturated rings. The van der Waals surface area contributed by atoms with Gasteiger partial charge in [0.25, 0.3) is 5.91 Å². The summed E-state index contributed by atoms with van der Waals surface area (Å²) in [5.74, 6) is 0.187. The molecule has 1 aromatic carbocycles. The van der Waals surface area contributed by atoms with Gasteiger partial charge in [-0.2, -0.15) is 5.10 Å². The summed E-state index contributed by atoms with van der Waals surface area (Å²) < 4.78 is 24.8. The summed E-state index contributed by atoms with van der Waals surface area (Å²) in [5, 5.41) is 7.33. The summed E-state index contributed by atoms with van der Waals surface area (Å²) >= 11 is 0. The molecule has 0 radical (unpaired) electrons. The van der Waals surface area contributed by atoms with E-state index in [0.29, 0.717) is 24.2 Å². The predicted molar refractivity (Wildman–Crippen MR) is 92.1 cm³/mol. The Balaban J connectivity index is 1.75. The van der Waals surface area contributed by atoms with Gasteiger partial charge in [-0.15, -0.1) is 0 Å². The molecule has 0 saturated carbocycles. The Morgan fingerprint density at radius 2 is 2.00 bits per heavy atom. The van der Waals surface area contributed by atoms with Crippen molar-refractivity contribution >= 4 is 15.7 Å². The lowest BCUT2D eigenvalue weighted by atomic mass is 10.1. The molecule has 1 saturated heterocycles. The fourth-order valence-electron chi connectivity index (χ4n) is 3.15. The van der Waals surface area contributed by atoms with Crippen molar-refractivity contribution < 1.29 is 13.2 Å². The van der Waals surface area contributed by atoms with Crippen LogP contribution in [0.4, 0.5) is 0 Å². The van der Waals surface area contributed by atoms with Gasteiger partial charge in [-0.25, -0.2) is 13.1 Å². The Morgan fingerprint density at radius 1 is 1.29 bits per heavy atom. The summed E-state index contributed by atoms with van der Waals surface area (Å²) in [6.45, 7) is 4.05. The van der Waals surface area contributed by atoms with E-state index < -0.39 is 9.84 Å². The number of aryl methyl sites for hydroxylation is 1. The maximum absolute atomic E-state index is 12.5. The molecule has 0 bridgehead atoms. The van der Waals surface area contributed by atoms with Gasteiger partial charge in [0, 0.05) is 6.54 Å². The molecule has 0 aliphatic carbocycles. The van der Waals surface area contributed by atoms with Gasteiger partial charge in [0.05, 0.1) is 34.1 Å². The maximum atomic E-state index is 12.5. The Labute approximate surface area is 141 Å². The van der Waals surface area contributed by atoms with Crippen molar-refractivity contribution in [3.63, 3.8) is 0 Å². The van der Waals surface area contributed by atoms with Crippen molar-refractivity contribution in [3.8, 4) is 5.69 Å². The second-order valence-electron chi connectivity index (χ2n) is 6.27. The normalized spacial score (nSPS) is 19.3. The monoisotopic (exact) mass is 347 g/mol. The number of rotatable bonds is 4. The third-order valence-corrected chi connectivity index (χ3v) is 6.23. The van der Waals surface area contributed by atoms with Gasteiger partial charge in [-0.3, -0.25) is 4.79 Å². The van der Waals surface area contributed by atoms with Crippen LogP contribution in [0.2, 0.25) is 0 Å². The lowest BCUT2D eigenvalue weighted by molar-refractivity contribution is 0.0947. The summed E-state index contributed by atoms with van der Waals surface area (Å²) in [7, 11) is -2.92. The highest BCUT2D eigenvalue weighted by Gasteiger charge is 2.28. The Kier molecular flexibility index (Phi) is 4.45. The van der Waals surface area contributed by atoms with E-state index in [1.807, 2.05) is 37.3 Å². The standard InChI is InChI=1S/C17H21N3O3S/c1-12-16(13(2)20(19-12)15-6-4-3-5-7-15)17(21)18-10-14-8-9-24(22,23)11-14/h3-7,14H,8-11H2,1-2H3,(H,18,21)/t14-/m1/s1. The number of hydrogen-bond acceptors (Lipinski definition) is 4. The van der Waals surface area contributed by atoms with Crippen LogP contribution in [0.3, 0.4) is 0 Å². The summed E-state index contributed by atoms with van der Waals surface area (Å²) in [4.78, 5) is 12.5. The third kappa shape index (κ3) is 3.36. The smallest absolute Gasteiger partial charge is 0.255 e. The zero-order valence-corrected chi connectivity index (χ0v) is 14.6. The fraction of sp³-hybridized carbons (Fsp3) is 0.412. The number of aromatic nitrogens is 2. The molecule has 7 heteroatoms. The lowest BCUT2D eigenvalue weighted by Gasteiger charge is -2.10. The Bertz CT molecular complexity index is 857. The molecule has 1 atom stereocenters. The molecule has 1 aromatic heterocycles.